The summed E-state index contributed by atoms with van der Waals surface area (Å²) < 4.78 is 4.82. The third-order valence-corrected chi connectivity index (χ3v) is 1.62. The van der Waals surface area contributed by atoms with Crippen molar-refractivity contribution in [3.05, 3.63) is 12.2 Å². The van der Waals surface area contributed by atoms with Crippen LogP contribution in [-0.2, 0) is 9.53 Å². The van der Waals surface area contributed by atoms with Crippen molar-refractivity contribution < 1.29 is 9.53 Å². The maximum absolute atomic E-state index is 11.0. The van der Waals surface area contributed by atoms with Crippen LogP contribution >= 0.6 is 0 Å². The number of carbonyl (C=O) groups excluding carboxylic acids is 1. The Morgan fingerprint density at radius 1 is 1.54 bits per heavy atom. The summed E-state index contributed by atoms with van der Waals surface area (Å²) in [5.41, 5.74) is 1.13. The van der Waals surface area contributed by atoms with Crippen molar-refractivity contribution >= 4 is 5.97 Å². The summed E-state index contributed by atoms with van der Waals surface area (Å²) in [6.07, 6.45) is 0.926. The molecule has 13 heavy (non-hydrogen) atoms. The van der Waals surface area contributed by atoms with Gasteiger partial charge < -0.3 is 4.74 Å². The first kappa shape index (κ1) is 12.2. The van der Waals surface area contributed by atoms with Gasteiger partial charge in [0.1, 0.15) is 0 Å². The van der Waals surface area contributed by atoms with Gasteiger partial charge in [-0.2, -0.15) is 0 Å². The standard InChI is InChI=1S/C10H19NO2/c1-5-13-10(12)8-11(4)7-6-9(2)3/h2,5-8H2,1,3-4H3. The fourth-order valence-electron chi connectivity index (χ4n) is 0.888. The van der Waals surface area contributed by atoms with Crippen LogP contribution < -0.4 is 0 Å². The number of esters is 1. The largest absolute Gasteiger partial charge is 0.465 e. The monoisotopic (exact) mass is 185 g/mol. The molecule has 0 spiro atoms. The Bertz CT molecular complexity index is 178. The first-order valence-electron chi connectivity index (χ1n) is 4.54. The van der Waals surface area contributed by atoms with E-state index in [0.717, 1.165) is 18.5 Å². The van der Waals surface area contributed by atoms with E-state index < -0.39 is 0 Å². The molecule has 0 radical (unpaired) electrons. The zero-order chi connectivity index (χ0) is 10.3. The molecule has 0 aliphatic heterocycles. The Labute approximate surface area is 80.4 Å². The molecule has 0 bridgehead atoms. The summed E-state index contributed by atoms with van der Waals surface area (Å²) in [6, 6.07) is 0. The topological polar surface area (TPSA) is 29.5 Å². The van der Waals surface area contributed by atoms with Crippen LogP contribution in [0.15, 0.2) is 12.2 Å². The van der Waals surface area contributed by atoms with E-state index in [9.17, 15) is 4.79 Å². The first-order valence-corrected chi connectivity index (χ1v) is 4.54. The van der Waals surface area contributed by atoms with Gasteiger partial charge in [-0.15, -0.1) is 6.58 Å². The minimum Gasteiger partial charge on any atom is -0.465 e. The molecule has 0 saturated carbocycles. The molecule has 0 aliphatic rings. The number of hydrogen-bond donors (Lipinski definition) is 0. The summed E-state index contributed by atoms with van der Waals surface area (Å²) in [6.45, 7) is 9.26. The predicted octanol–water partition coefficient (Wildman–Crippen LogP) is 1.45. The predicted molar refractivity (Wildman–Crippen MR) is 53.6 cm³/mol. The average Bonchev–Trinajstić information content (AvgIpc) is 2.01. The van der Waals surface area contributed by atoms with Crippen LogP contribution in [0.3, 0.4) is 0 Å². The van der Waals surface area contributed by atoms with Crippen LogP contribution in [-0.4, -0.2) is 37.6 Å². The summed E-state index contributed by atoms with van der Waals surface area (Å²) >= 11 is 0. The maximum Gasteiger partial charge on any atom is 0.320 e. The Kier molecular flexibility index (Phi) is 6.24. The molecule has 0 heterocycles. The quantitative estimate of drug-likeness (QED) is 0.463. The van der Waals surface area contributed by atoms with Gasteiger partial charge in [-0.05, 0) is 27.3 Å². The van der Waals surface area contributed by atoms with E-state index in [-0.39, 0.29) is 5.97 Å². The third kappa shape index (κ3) is 7.53. The maximum atomic E-state index is 11.0. The molecular weight excluding hydrogens is 166 g/mol. The zero-order valence-corrected chi connectivity index (χ0v) is 8.80. The highest BCUT2D eigenvalue weighted by molar-refractivity contribution is 5.71. The van der Waals surface area contributed by atoms with E-state index in [1.54, 1.807) is 0 Å². The minimum atomic E-state index is -0.160. The van der Waals surface area contributed by atoms with Crippen LogP contribution in [0.5, 0.6) is 0 Å². The number of nitrogens with zero attached hydrogens (tertiary/aromatic N) is 1. The SMILES string of the molecule is C=C(C)CCN(C)CC(=O)OCC. The number of ether oxygens (including phenoxy) is 1. The molecule has 3 nitrogen and oxygen atoms in total. The van der Waals surface area contributed by atoms with Gasteiger partial charge in [-0.3, -0.25) is 9.69 Å². The van der Waals surface area contributed by atoms with Crippen LogP contribution in [0.4, 0.5) is 0 Å². The molecular formula is C10H19NO2. The summed E-state index contributed by atoms with van der Waals surface area (Å²) in [5, 5.41) is 0. The van der Waals surface area contributed by atoms with Gasteiger partial charge in [-0.1, -0.05) is 5.57 Å². The highest BCUT2D eigenvalue weighted by Crippen LogP contribution is 1.97. The van der Waals surface area contributed by atoms with Crippen LogP contribution in [0.25, 0.3) is 0 Å². The van der Waals surface area contributed by atoms with E-state index in [2.05, 4.69) is 6.58 Å². The van der Waals surface area contributed by atoms with Gasteiger partial charge in [-0.25, -0.2) is 0 Å². The molecule has 0 rings (SSSR count). The summed E-state index contributed by atoms with van der Waals surface area (Å²) in [5.74, 6) is -0.160. The minimum absolute atomic E-state index is 0.160. The van der Waals surface area contributed by atoms with Gasteiger partial charge in [0.05, 0.1) is 13.2 Å². The van der Waals surface area contributed by atoms with E-state index >= 15 is 0 Å². The lowest BCUT2D eigenvalue weighted by Gasteiger charge is -2.14. The van der Waals surface area contributed by atoms with Crippen LogP contribution in [0.1, 0.15) is 20.3 Å². The van der Waals surface area contributed by atoms with Gasteiger partial charge in [0.2, 0.25) is 0 Å². The second kappa shape index (κ2) is 6.66. The Balaban J connectivity index is 3.55. The van der Waals surface area contributed by atoms with E-state index in [1.807, 2.05) is 25.8 Å². The number of rotatable bonds is 6. The Morgan fingerprint density at radius 2 is 2.15 bits per heavy atom. The summed E-state index contributed by atoms with van der Waals surface area (Å²) in [4.78, 5) is 12.9. The normalized spacial score (nSPS) is 10.2. The molecule has 3 heteroatoms. The molecule has 76 valence electrons. The van der Waals surface area contributed by atoms with Crippen molar-refractivity contribution in [3.8, 4) is 0 Å². The van der Waals surface area contributed by atoms with Crippen LogP contribution in [0.2, 0.25) is 0 Å². The third-order valence-electron chi connectivity index (χ3n) is 1.62. The van der Waals surface area contributed by atoms with Gasteiger partial charge in [0.25, 0.3) is 0 Å². The van der Waals surface area contributed by atoms with E-state index in [0.29, 0.717) is 13.2 Å². The van der Waals surface area contributed by atoms with E-state index in [1.165, 1.54) is 0 Å². The number of likely N-dealkylation sites (N-methyl/N-ethyl adjacent to an activating group) is 1. The molecule has 0 N–H and O–H groups in total. The molecule has 0 aromatic rings. The summed E-state index contributed by atoms with van der Waals surface area (Å²) in [7, 11) is 1.90. The molecule has 0 amide bonds. The van der Waals surface area contributed by atoms with Crippen molar-refractivity contribution in [2.75, 3.05) is 26.7 Å². The molecule has 0 aliphatic carbocycles. The zero-order valence-electron chi connectivity index (χ0n) is 8.80. The lowest BCUT2D eigenvalue weighted by atomic mass is 10.2. The molecule has 0 unspecified atom stereocenters. The Hall–Kier alpha value is -0.830. The van der Waals surface area contributed by atoms with Crippen molar-refractivity contribution in [1.29, 1.82) is 0 Å². The molecule has 0 aromatic heterocycles. The fraction of sp³-hybridized carbons (Fsp3) is 0.700. The highest BCUT2D eigenvalue weighted by atomic mass is 16.5. The lowest BCUT2D eigenvalue weighted by Crippen LogP contribution is -2.28. The molecule has 0 aromatic carbocycles. The van der Waals surface area contributed by atoms with Crippen molar-refractivity contribution in [2.45, 2.75) is 20.3 Å². The van der Waals surface area contributed by atoms with Crippen molar-refractivity contribution in [2.24, 2.45) is 0 Å². The number of hydrogen-bond acceptors (Lipinski definition) is 3. The average molecular weight is 185 g/mol. The van der Waals surface area contributed by atoms with Crippen molar-refractivity contribution in [1.82, 2.24) is 4.90 Å². The van der Waals surface area contributed by atoms with Gasteiger partial charge >= 0.3 is 5.97 Å². The molecule has 0 fully saturated rings. The highest BCUT2D eigenvalue weighted by Gasteiger charge is 2.05. The fourth-order valence-corrected chi connectivity index (χ4v) is 0.888. The van der Waals surface area contributed by atoms with Crippen molar-refractivity contribution in [3.63, 3.8) is 0 Å². The van der Waals surface area contributed by atoms with Crippen LogP contribution in [0, 0.1) is 0 Å². The smallest absolute Gasteiger partial charge is 0.320 e. The number of carbonyl (C=O) groups is 1. The van der Waals surface area contributed by atoms with Gasteiger partial charge in [0, 0.05) is 6.54 Å². The molecule has 0 saturated heterocycles. The Morgan fingerprint density at radius 3 is 2.62 bits per heavy atom. The van der Waals surface area contributed by atoms with Gasteiger partial charge in [0.15, 0.2) is 0 Å². The molecule has 0 atom stereocenters. The second-order valence-electron chi connectivity index (χ2n) is 3.25. The second-order valence-corrected chi connectivity index (χ2v) is 3.25. The first-order chi connectivity index (χ1) is 6.06. The van der Waals surface area contributed by atoms with E-state index in [4.69, 9.17) is 4.74 Å². The lowest BCUT2D eigenvalue weighted by molar-refractivity contribution is -0.144.